The number of nitriles is 1. The molecular weight excluding hydrogens is 352 g/mol. The van der Waals surface area contributed by atoms with E-state index in [0.29, 0.717) is 0 Å². The summed E-state index contributed by atoms with van der Waals surface area (Å²) < 4.78 is 1.01. The molecule has 4 nitrogen and oxygen atoms in total. The van der Waals surface area contributed by atoms with Gasteiger partial charge in [0.25, 0.3) is 0 Å². The molecule has 0 saturated carbocycles. The standard InChI is InChI=1S/C18H19BrN4/c19-17-6-7-18(21-13-17)23-9-1-8-22(10-11-23)14-16-4-2-15(12-20)3-5-16/h2-7,13H,1,8-11,14H2. The average Bonchev–Trinajstić information content (AvgIpc) is 2.82. The molecule has 1 aromatic carbocycles. The Hall–Kier alpha value is -1.90. The van der Waals surface area contributed by atoms with Crippen LogP contribution in [0.2, 0.25) is 0 Å². The maximum absolute atomic E-state index is 8.87. The number of rotatable bonds is 3. The summed E-state index contributed by atoms with van der Waals surface area (Å²) in [5.41, 5.74) is 1.98. The topological polar surface area (TPSA) is 43.2 Å². The minimum atomic E-state index is 0.720. The van der Waals surface area contributed by atoms with Crippen molar-refractivity contribution in [3.63, 3.8) is 0 Å². The highest BCUT2D eigenvalue weighted by atomic mass is 79.9. The molecule has 0 aliphatic carbocycles. The summed E-state index contributed by atoms with van der Waals surface area (Å²) in [4.78, 5) is 9.33. The van der Waals surface area contributed by atoms with Crippen LogP contribution < -0.4 is 4.90 Å². The van der Waals surface area contributed by atoms with Crippen LogP contribution >= 0.6 is 15.9 Å². The van der Waals surface area contributed by atoms with E-state index in [2.05, 4.69) is 55.0 Å². The van der Waals surface area contributed by atoms with Crippen LogP contribution in [0.1, 0.15) is 17.5 Å². The Morgan fingerprint density at radius 2 is 1.87 bits per heavy atom. The van der Waals surface area contributed by atoms with Crippen LogP contribution in [-0.4, -0.2) is 36.1 Å². The maximum Gasteiger partial charge on any atom is 0.128 e. The van der Waals surface area contributed by atoms with E-state index in [-0.39, 0.29) is 0 Å². The predicted molar refractivity (Wildman–Crippen MR) is 95.2 cm³/mol. The van der Waals surface area contributed by atoms with Gasteiger partial charge in [0.2, 0.25) is 0 Å². The van der Waals surface area contributed by atoms with Gasteiger partial charge in [-0.3, -0.25) is 4.90 Å². The highest BCUT2D eigenvalue weighted by molar-refractivity contribution is 9.10. The molecule has 1 saturated heterocycles. The molecule has 23 heavy (non-hydrogen) atoms. The molecule has 118 valence electrons. The fourth-order valence-electron chi connectivity index (χ4n) is 2.86. The summed E-state index contributed by atoms with van der Waals surface area (Å²) in [5, 5.41) is 8.87. The van der Waals surface area contributed by atoms with Crippen molar-refractivity contribution in [2.45, 2.75) is 13.0 Å². The third-order valence-corrected chi connectivity index (χ3v) is 4.58. The minimum Gasteiger partial charge on any atom is -0.355 e. The number of aromatic nitrogens is 1. The number of nitrogens with zero attached hydrogens (tertiary/aromatic N) is 4. The number of hydrogen-bond donors (Lipinski definition) is 0. The van der Waals surface area contributed by atoms with Crippen LogP contribution in [0.25, 0.3) is 0 Å². The average molecular weight is 371 g/mol. The molecule has 1 fully saturated rings. The lowest BCUT2D eigenvalue weighted by atomic mass is 10.1. The zero-order chi connectivity index (χ0) is 16.1. The number of hydrogen-bond acceptors (Lipinski definition) is 4. The van der Waals surface area contributed by atoms with Gasteiger partial charge < -0.3 is 4.90 Å². The molecule has 0 N–H and O–H groups in total. The summed E-state index contributed by atoms with van der Waals surface area (Å²) in [6, 6.07) is 14.2. The quantitative estimate of drug-likeness (QED) is 0.829. The van der Waals surface area contributed by atoms with Gasteiger partial charge in [0.15, 0.2) is 0 Å². The van der Waals surface area contributed by atoms with E-state index in [1.807, 2.05) is 24.4 Å². The summed E-state index contributed by atoms with van der Waals surface area (Å²) in [6.07, 6.45) is 2.99. The SMILES string of the molecule is N#Cc1ccc(CN2CCCN(c3ccc(Br)cn3)CC2)cc1. The first-order valence-corrected chi connectivity index (χ1v) is 8.62. The second-order valence-electron chi connectivity index (χ2n) is 5.76. The van der Waals surface area contributed by atoms with E-state index in [1.165, 1.54) is 5.56 Å². The molecule has 0 bridgehead atoms. The molecule has 5 heteroatoms. The lowest BCUT2D eigenvalue weighted by molar-refractivity contribution is 0.285. The molecule has 0 amide bonds. The van der Waals surface area contributed by atoms with Gasteiger partial charge in [-0.05, 0) is 52.2 Å². The van der Waals surface area contributed by atoms with Crippen molar-refractivity contribution in [1.82, 2.24) is 9.88 Å². The second kappa shape index (κ2) is 7.58. The monoisotopic (exact) mass is 370 g/mol. The fraction of sp³-hybridized carbons (Fsp3) is 0.333. The van der Waals surface area contributed by atoms with Gasteiger partial charge in [0.1, 0.15) is 5.82 Å². The van der Waals surface area contributed by atoms with Gasteiger partial charge in [-0.15, -0.1) is 0 Å². The minimum absolute atomic E-state index is 0.720. The van der Waals surface area contributed by atoms with Gasteiger partial charge in [-0.1, -0.05) is 12.1 Å². The first-order valence-electron chi connectivity index (χ1n) is 7.82. The lowest BCUT2D eigenvalue weighted by Gasteiger charge is -2.22. The molecule has 2 heterocycles. The summed E-state index contributed by atoms with van der Waals surface area (Å²) in [7, 11) is 0. The molecule has 0 unspecified atom stereocenters. The van der Waals surface area contributed by atoms with Crippen LogP contribution in [0.3, 0.4) is 0 Å². The van der Waals surface area contributed by atoms with Crippen molar-refractivity contribution in [2.24, 2.45) is 0 Å². The number of halogens is 1. The van der Waals surface area contributed by atoms with E-state index in [4.69, 9.17) is 5.26 Å². The zero-order valence-electron chi connectivity index (χ0n) is 13.0. The van der Waals surface area contributed by atoms with E-state index in [9.17, 15) is 0 Å². The number of anilines is 1. The zero-order valence-corrected chi connectivity index (χ0v) is 14.5. The Balaban J connectivity index is 1.59. The van der Waals surface area contributed by atoms with Crippen molar-refractivity contribution in [3.05, 3.63) is 58.2 Å². The Morgan fingerprint density at radius 1 is 1.04 bits per heavy atom. The van der Waals surface area contributed by atoms with Crippen LogP contribution in [-0.2, 0) is 6.54 Å². The molecular formula is C18H19BrN4. The molecule has 0 spiro atoms. The Bertz CT molecular complexity index is 676. The smallest absolute Gasteiger partial charge is 0.128 e. The first kappa shape index (κ1) is 16.0. The maximum atomic E-state index is 8.87. The third kappa shape index (κ3) is 4.31. The largest absolute Gasteiger partial charge is 0.355 e. The number of benzene rings is 1. The van der Waals surface area contributed by atoms with Crippen molar-refractivity contribution in [3.8, 4) is 6.07 Å². The second-order valence-corrected chi connectivity index (χ2v) is 6.68. The molecule has 1 aromatic heterocycles. The third-order valence-electron chi connectivity index (χ3n) is 4.11. The molecule has 3 rings (SSSR count). The van der Waals surface area contributed by atoms with Crippen LogP contribution in [0.4, 0.5) is 5.82 Å². The van der Waals surface area contributed by atoms with Gasteiger partial charge in [-0.25, -0.2) is 4.98 Å². The summed E-state index contributed by atoms with van der Waals surface area (Å²) in [6.45, 7) is 5.08. The van der Waals surface area contributed by atoms with E-state index < -0.39 is 0 Å². The Labute approximate surface area is 145 Å². The van der Waals surface area contributed by atoms with E-state index in [0.717, 1.165) is 55.0 Å². The molecule has 1 aliphatic rings. The predicted octanol–water partition coefficient (Wildman–Crippen LogP) is 3.43. The molecule has 0 radical (unpaired) electrons. The van der Waals surface area contributed by atoms with E-state index in [1.54, 1.807) is 0 Å². The highest BCUT2D eigenvalue weighted by Crippen LogP contribution is 2.17. The van der Waals surface area contributed by atoms with Crippen molar-refractivity contribution in [2.75, 3.05) is 31.1 Å². The first-order chi connectivity index (χ1) is 11.2. The fourth-order valence-corrected chi connectivity index (χ4v) is 3.09. The van der Waals surface area contributed by atoms with Crippen molar-refractivity contribution < 1.29 is 0 Å². The van der Waals surface area contributed by atoms with Gasteiger partial charge in [-0.2, -0.15) is 5.26 Å². The molecule has 1 aliphatic heterocycles. The molecule has 0 atom stereocenters. The van der Waals surface area contributed by atoms with Crippen LogP contribution in [0.5, 0.6) is 0 Å². The Kier molecular flexibility index (Phi) is 5.27. The van der Waals surface area contributed by atoms with Crippen LogP contribution in [0.15, 0.2) is 47.1 Å². The van der Waals surface area contributed by atoms with E-state index >= 15 is 0 Å². The lowest BCUT2D eigenvalue weighted by Crippen LogP contribution is -2.30. The van der Waals surface area contributed by atoms with Gasteiger partial charge in [0, 0.05) is 43.4 Å². The summed E-state index contributed by atoms with van der Waals surface area (Å²) >= 11 is 3.43. The summed E-state index contributed by atoms with van der Waals surface area (Å²) in [5.74, 6) is 1.05. The normalized spacial score (nSPS) is 15.9. The van der Waals surface area contributed by atoms with Crippen LogP contribution in [0, 0.1) is 11.3 Å². The molecule has 2 aromatic rings. The highest BCUT2D eigenvalue weighted by Gasteiger charge is 2.16. The van der Waals surface area contributed by atoms with Gasteiger partial charge >= 0.3 is 0 Å². The van der Waals surface area contributed by atoms with Crippen molar-refractivity contribution >= 4 is 21.7 Å². The number of pyridine rings is 1. The Morgan fingerprint density at radius 3 is 2.57 bits per heavy atom. The van der Waals surface area contributed by atoms with Gasteiger partial charge in [0.05, 0.1) is 11.6 Å². The van der Waals surface area contributed by atoms with Crippen molar-refractivity contribution in [1.29, 1.82) is 5.26 Å².